The maximum absolute atomic E-state index is 12.4. The minimum Gasteiger partial charge on any atom is -0.466 e. The Labute approximate surface area is 132 Å². The minimum atomic E-state index is -5.15. The zero-order chi connectivity index (χ0) is 18.4. The first-order valence-electron chi connectivity index (χ1n) is 6.64. The van der Waals surface area contributed by atoms with Gasteiger partial charge in [0, 0.05) is 12.0 Å². The summed E-state index contributed by atoms with van der Waals surface area (Å²) in [5, 5.41) is 1.58. The van der Waals surface area contributed by atoms with Gasteiger partial charge in [0.05, 0.1) is 7.11 Å². The average Bonchev–Trinajstić information content (AvgIpc) is 2.37. The van der Waals surface area contributed by atoms with Crippen molar-refractivity contribution < 1.29 is 37.0 Å². The Morgan fingerprint density at radius 1 is 1.13 bits per heavy atom. The van der Waals surface area contributed by atoms with Gasteiger partial charge >= 0.3 is 24.0 Å². The van der Waals surface area contributed by atoms with Gasteiger partial charge in [-0.25, -0.2) is 9.59 Å². The number of carbonyl (C=O) groups is 3. The lowest BCUT2D eigenvalue weighted by atomic mass is 10.0. The lowest BCUT2D eigenvalue weighted by molar-refractivity contribution is -0.177. The van der Waals surface area contributed by atoms with Crippen LogP contribution in [0.2, 0.25) is 0 Å². The Balaban J connectivity index is 5.29. The van der Waals surface area contributed by atoms with Crippen LogP contribution in [0.3, 0.4) is 0 Å². The largest absolute Gasteiger partial charge is 0.471 e. The lowest BCUT2D eigenvalue weighted by Crippen LogP contribution is -2.51. The van der Waals surface area contributed by atoms with Gasteiger partial charge in [-0.2, -0.15) is 13.2 Å². The summed E-state index contributed by atoms with van der Waals surface area (Å²) in [6.07, 6.45) is -3.05. The summed E-state index contributed by atoms with van der Waals surface area (Å²) < 4.78 is 46.5. The summed E-state index contributed by atoms with van der Waals surface area (Å²) >= 11 is 0. The second-order valence-electron chi connectivity index (χ2n) is 5.72. The summed E-state index contributed by atoms with van der Waals surface area (Å²) in [6.45, 7) is 5.94. The fourth-order valence-electron chi connectivity index (χ4n) is 1.40. The van der Waals surface area contributed by atoms with E-state index in [4.69, 9.17) is 4.74 Å². The van der Waals surface area contributed by atoms with Crippen LogP contribution < -0.4 is 5.32 Å². The van der Waals surface area contributed by atoms with Gasteiger partial charge in [-0.15, -0.1) is 0 Å². The van der Waals surface area contributed by atoms with Gasteiger partial charge in [-0.1, -0.05) is 13.0 Å². The zero-order valence-corrected chi connectivity index (χ0v) is 13.5. The monoisotopic (exact) mass is 339 g/mol. The number of amides is 1. The number of ether oxygens (including phenoxy) is 2. The van der Waals surface area contributed by atoms with E-state index >= 15 is 0 Å². The van der Waals surface area contributed by atoms with E-state index in [0.717, 1.165) is 19.3 Å². The van der Waals surface area contributed by atoms with Crippen LogP contribution >= 0.6 is 0 Å². The fraction of sp³-hybridized carbons (Fsp3) is 0.643. The van der Waals surface area contributed by atoms with Crippen LogP contribution in [0.15, 0.2) is 12.2 Å². The van der Waals surface area contributed by atoms with Crippen molar-refractivity contribution in [2.75, 3.05) is 7.11 Å². The summed E-state index contributed by atoms with van der Waals surface area (Å²) in [4.78, 5) is 34.1. The van der Waals surface area contributed by atoms with E-state index in [1.807, 2.05) is 0 Å². The highest BCUT2D eigenvalue weighted by Crippen LogP contribution is 2.18. The van der Waals surface area contributed by atoms with Crippen LogP contribution in [-0.4, -0.2) is 42.8 Å². The molecule has 0 aromatic carbocycles. The number of esters is 2. The predicted molar refractivity (Wildman–Crippen MR) is 74.2 cm³/mol. The third kappa shape index (κ3) is 8.22. The Hall–Kier alpha value is -2.06. The molecule has 0 saturated carbocycles. The Morgan fingerprint density at radius 2 is 1.65 bits per heavy atom. The molecule has 0 rings (SSSR count). The molecule has 9 heteroatoms. The third-order valence-electron chi connectivity index (χ3n) is 2.47. The minimum absolute atomic E-state index is 0.748. The van der Waals surface area contributed by atoms with Crippen molar-refractivity contribution in [2.45, 2.75) is 45.5 Å². The third-order valence-corrected chi connectivity index (χ3v) is 2.47. The number of nitrogens with one attached hydrogen (secondary N) is 1. The van der Waals surface area contributed by atoms with E-state index in [2.05, 4.69) is 4.74 Å². The van der Waals surface area contributed by atoms with Gasteiger partial charge in [0.25, 0.3) is 0 Å². The average molecular weight is 339 g/mol. The topological polar surface area (TPSA) is 81.7 Å². The summed E-state index contributed by atoms with van der Waals surface area (Å²) in [6, 6.07) is -1.61. The Bertz CT molecular complexity index is 480. The molecule has 2 atom stereocenters. The highest BCUT2D eigenvalue weighted by Gasteiger charge is 2.42. The van der Waals surface area contributed by atoms with Crippen LogP contribution in [0.1, 0.15) is 27.7 Å². The number of methoxy groups -OCH3 is 1. The van der Waals surface area contributed by atoms with E-state index < -0.39 is 41.6 Å². The molecule has 6 nitrogen and oxygen atoms in total. The van der Waals surface area contributed by atoms with E-state index in [1.54, 1.807) is 5.32 Å². The first-order chi connectivity index (χ1) is 10.3. The van der Waals surface area contributed by atoms with Crippen LogP contribution in [-0.2, 0) is 23.9 Å². The first kappa shape index (κ1) is 20.9. The molecule has 0 fully saturated rings. The second kappa shape index (κ2) is 7.98. The van der Waals surface area contributed by atoms with Crippen molar-refractivity contribution in [3.63, 3.8) is 0 Å². The Morgan fingerprint density at radius 3 is 2.04 bits per heavy atom. The van der Waals surface area contributed by atoms with E-state index in [9.17, 15) is 27.6 Å². The molecule has 0 heterocycles. The first-order valence-corrected chi connectivity index (χ1v) is 6.64. The van der Waals surface area contributed by atoms with Crippen molar-refractivity contribution in [2.24, 2.45) is 5.92 Å². The van der Waals surface area contributed by atoms with Gasteiger partial charge in [0.1, 0.15) is 11.6 Å². The number of hydrogen-bond donors (Lipinski definition) is 1. The molecule has 0 aromatic heterocycles. The molecule has 1 N–H and O–H groups in total. The predicted octanol–water partition coefficient (Wildman–Crippen LogP) is 1.74. The van der Waals surface area contributed by atoms with Gasteiger partial charge < -0.3 is 14.8 Å². The van der Waals surface area contributed by atoms with Gasteiger partial charge in [0.15, 0.2) is 0 Å². The van der Waals surface area contributed by atoms with Crippen molar-refractivity contribution in [1.82, 2.24) is 5.32 Å². The fourth-order valence-corrected chi connectivity index (χ4v) is 1.40. The van der Waals surface area contributed by atoms with Crippen LogP contribution in [0.25, 0.3) is 0 Å². The van der Waals surface area contributed by atoms with Crippen LogP contribution in [0.4, 0.5) is 13.2 Å². The molecule has 132 valence electrons. The molecule has 23 heavy (non-hydrogen) atoms. The molecular weight excluding hydrogens is 319 g/mol. The molecule has 0 radical (unpaired) electrons. The molecule has 0 spiro atoms. The Kier molecular flexibility index (Phi) is 7.26. The normalized spacial score (nSPS) is 15.0. The van der Waals surface area contributed by atoms with E-state index in [1.165, 1.54) is 27.7 Å². The van der Waals surface area contributed by atoms with E-state index in [0.29, 0.717) is 0 Å². The SMILES string of the molecule is COC(=O)/C=C\C(C)C(NC(=O)C(F)(F)F)C(=O)OC(C)(C)C. The second-order valence-corrected chi connectivity index (χ2v) is 5.72. The molecular formula is C14H20F3NO5. The van der Waals surface area contributed by atoms with Gasteiger partial charge in [0.2, 0.25) is 0 Å². The molecule has 0 aliphatic heterocycles. The van der Waals surface area contributed by atoms with Gasteiger partial charge in [-0.05, 0) is 20.8 Å². The van der Waals surface area contributed by atoms with Crippen molar-refractivity contribution in [3.05, 3.63) is 12.2 Å². The van der Waals surface area contributed by atoms with Crippen molar-refractivity contribution in [1.29, 1.82) is 0 Å². The number of carbonyl (C=O) groups excluding carboxylic acids is 3. The maximum atomic E-state index is 12.4. The summed E-state index contributed by atoms with van der Waals surface area (Å²) in [7, 11) is 1.12. The van der Waals surface area contributed by atoms with Crippen LogP contribution in [0.5, 0.6) is 0 Å². The molecule has 2 unspecified atom stereocenters. The summed E-state index contributed by atoms with van der Waals surface area (Å²) in [5.41, 5.74) is -0.954. The quantitative estimate of drug-likeness (QED) is 0.609. The van der Waals surface area contributed by atoms with Gasteiger partial charge in [-0.3, -0.25) is 4.79 Å². The standard InChI is InChI=1S/C14H20F3NO5/c1-8(6-7-9(19)22-5)10(11(20)23-13(2,3)4)18-12(21)14(15,16)17/h6-8,10H,1-5H3,(H,18,21)/b7-6-. The van der Waals surface area contributed by atoms with Crippen LogP contribution in [0, 0.1) is 5.92 Å². The van der Waals surface area contributed by atoms with Crippen molar-refractivity contribution >= 4 is 17.8 Å². The molecule has 0 aromatic rings. The number of rotatable bonds is 5. The highest BCUT2D eigenvalue weighted by atomic mass is 19.4. The smallest absolute Gasteiger partial charge is 0.466 e. The number of halogens is 3. The number of alkyl halides is 3. The highest BCUT2D eigenvalue weighted by molar-refractivity contribution is 5.88. The van der Waals surface area contributed by atoms with Crippen molar-refractivity contribution in [3.8, 4) is 0 Å². The molecule has 0 aliphatic carbocycles. The molecule has 0 bridgehead atoms. The number of hydrogen-bond acceptors (Lipinski definition) is 5. The zero-order valence-electron chi connectivity index (χ0n) is 13.5. The molecule has 0 aliphatic rings. The lowest BCUT2D eigenvalue weighted by Gasteiger charge is -2.27. The van der Waals surface area contributed by atoms with E-state index in [-0.39, 0.29) is 0 Å². The maximum Gasteiger partial charge on any atom is 0.471 e. The molecule has 1 amide bonds. The molecule has 0 saturated heterocycles. The summed E-state index contributed by atoms with van der Waals surface area (Å²) in [5.74, 6) is -5.00.